The van der Waals surface area contributed by atoms with E-state index in [1.54, 1.807) is 0 Å². The van der Waals surface area contributed by atoms with Gasteiger partial charge in [-0.05, 0) is 53.6 Å². The lowest BCUT2D eigenvalue weighted by Crippen LogP contribution is -2.00. The molecule has 0 aliphatic heterocycles. The van der Waals surface area contributed by atoms with Crippen LogP contribution in [0.2, 0.25) is 0 Å². The van der Waals surface area contributed by atoms with Gasteiger partial charge in [0.15, 0.2) is 23.1 Å². The van der Waals surface area contributed by atoms with Crippen molar-refractivity contribution < 1.29 is 8.83 Å². The minimum atomic E-state index is 0.576. The summed E-state index contributed by atoms with van der Waals surface area (Å²) >= 11 is 0. The topological polar surface area (TPSA) is 69.9 Å². The van der Waals surface area contributed by atoms with Gasteiger partial charge in [-0.2, -0.15) is 0 Å². The molecule has 6 heteroatoms. The van der Waals surface area contributed by atoms with Crippen LogP contribution in [0.5, 0.6) is 0 Å². The fourth-order valence-corrected chi connectivity index (χ4v) is 8.50. The van der Waals surface area contributed by atoms with Crippen LogP contribution in [0.15, 0.2) is 191 Å². The van der Waals surface area contributed by atoms with Crippen molar-refractivity contribution in [3.63, 3.8) is 0 Å². The van der Waals surface area contributed by atoms with Gasteiger partial charge in [-0.25, -0.2) is 15.0 Å². The average Bonchev–Trinajstić information content (AvgIpc) is 3.97. The second kappa shape index (κ2) is 12.3. The fourth-order valence-electron chi connectivity index (χ4n) is 8.50. The van der Waals surface area contributed by atoms with E-state index < -0.39 is 0 Å². The molecule has 0 atom stereocenters. The molecule has 266 valence electrons. The standard InChI is InChI=1S/C51H30N4O2/c1-3-14-31(15-4-1)33-18-11-19-34(30-33)50-52-49(32-16-5-2-6-17-32)53-51(54-50)39-23-13-27-44-45(39)38-22-12-25-42(47(38)57-44)55-40-24-9-7-21-37(40)46-41(55)29-28-36-35-20-8-10-26-43(35)56-48(36)46/h1-30H. The number of furan rings is 2. The zero-order valence-electron chi connectivity index (χ0n) is 30.4. The van der Waals surface area contributed by atoms with Crippen molar-refractivity contribution in [2.45, 2.75) is 0 Å². The molecule has 0 aliphatic carbocycles. The summed E-state index contributed by atoms with van der Waals surface area (Å²) in [5.74, 6) is 1.78. The molecule has 0 aliphatic rings. The third-order valence-corrected chi connectivity index (χ3v) is 11.1. The Morgan fingerprint density at radius 3 is 1.82 bits per heavy atom. The summed E-state index contributed by atoms with van der Waals surface area (Å²) in [7, 11) is 0. The highest BCUT2D eigenvalue weighted by molar-refractivity contribution is 6.24. The number of nitrogens with zero attached hydrogens (tertiary/aromatic N) is 4. The molecule has 0 N–H and O–H groups in total. The van der Waals surface area contributed by atoms with Gasteiger partial charge >= 0.3 is 0 Å². The monoisotopic (exact) mass is 730 g/mol. The maximum absolute atomic E-state index is 6.88. The Morgan fingerprint density at radius 2 is 0.965 bits per heavy atom. The molecule has 0 spiro atoms. The summed E-state index contributed by atoms with van der Waals surface area (Å²) in [5, 5.41) is 6.33. The summed E-state index contributed by atoms with van der Waals surface area (Å²) in [6.45, 7) is 0. The Morgan fingerprint density at radius 1 is 0.351 bits per heavy atom. The molecule has 4 heterocycles. The lowest BCUT2D eigenvalue weighted by atomic mass is 10.0. The minimum Gasteiger partial charge on any atom is -0.455 e. The summed E-state index contributed by atoms with van der Waals surface area (Å²) in [6, 6.07) is 62.5. The second-order valence-electron chi connectivity index (χ2n) is 14.3. The predicted octanol–water partition coefficient (Wildman–Crippen LogP) is 13.4. The van der Waals surface area contributed by atoms with Crippen molar-refractivity contribution in [1.82, 2.24) is 19.5 Å². The number of fused-ring (bicyclic) bond motifs is 10. The van der Waals surface area contributed by atoms with Crippen LogP contribution in [0, 0.1) is 0 Å². The van der Waals surface area contributed by atoms with Crippen molar-refractivity contribution in [1.29, 1.82) is 0 Å². The third-order valence-electron chi connectivity index (χ3n) is 11.1. The first kappa shape index (κ1) is 31.5. The van der Waals surface area contributed by atoms with Gasteiger partial charge in [0, 0.05) is 43.6 Å². The quantitative estimate of drug-likeness (QED) is 0.176. The molecular formula is C51H30N4O2. The first-order valence-corrected chi connectivity index (χ1v) is 19.0. The summed E-state index contributed by atoms with van der Waals surface area (Å²) in [6.07, 6.45) is 0. The average molecular weight is 731 g/mol. The van der Waals surface area contributed by atoms with Crippen LogP contribution in [-0.2, 0) is 0 Å². The second-order valence-corrected chi connectivity index (χ2v) is 14.3. The zero-order valence-corrected chi connectivity index (χ0v) is 30.4. The van der Waals surface area contributed by atoms with Crippen LogP contribution in [-0.4, -0.2) is 19.5 Å². The Balaban J connectivity index is 1.09. The Kier molecular flexibility index (Phi) is 6.83. The van der Waals surface area contributed by atoms with E-state index in [4.69, 9.17) is 23.8 Å². The van der Waals surface area contributed by atoms with Crippen LogP contribution >= 0.6 is 0 Å². The summed E-state index contributed by atoms with van der Waals surface area (Å²) in [5.41, 5.74) is 11.3. The maximum atomic E-state index is 6.88. The molecule has 4 aromatic heterocycles. The minimum absolute atomic E-state index is 0.576. The van der Waals surface area contributed by atoms with Gasteiger partial charge in [-0.3, -0.25) is 0 Å². The largest absolute Gasteiger partial charge is 0.455 e. The van der Waals surface area contributed by atoms with E-state index in [-0.39, 0.29) is 0 Å². The van der Waals surface area contributed by atoms with E-state index in [2.05, 4.69) is 126 Å². The van der Waals surface area contributed by atoms with Gasteiger partial charge in [0.1, 0.15) is 16.7 Å². The molecule has 0 unspecified atom stereocenters. The van der Waals surface area contributed by atoms with Crippen LogP contribution < -0.4 is 0 Å². The lowest BCUT2D eigenvalue weighted by Gasteiger charge is -2.10. The highest BCUT2D eigenvalue weighted by Crippen LogP contribution is 2.44. The van der Waals surface area contributed by atoms with Crippen LogP contribution in [0.25, 0.3) is 117 Å². The first-order chi connectivity index (χ1) is 28.3. The van der Waals surface area contributed by atoms with Gasteiger partial charge in [0.25, 0.3) is 0 Å². The predicted molar refractivity (Wildman–Crippen MR) is 230 cm³/mol. The molecule has 0 saturated heterocycles. The highest BCUT2D eigenvalue weighted by Gasteiger charge is 2.23. The maximum Gasteiger partial charge on any atom is 0.164 e. The lowest BCUT2D eigenvalue weighted by molar-refractivity contribution is 0.666. The molecule has 57 heavy (non-hydrogen) atoms. The van der Waals surface area contributed by atoms with Crippen LogP contribution in [0.4, 0.5) is 0 Å². The van der Waals surface area contributed by atoms with E-state index in [0.717, 1.165) is 99.2 Å². The van der Waals surface area contributed by atoms with E-state index in [0.29, 0.717) is 17.5 Å². The number of rotatable bonds is 5. The van der Waals surface area contributed by atoms with E-state index in [1.165, 1.54) is 0 Å². The van der Waals surface area contributed by atoms with Crippen molar-refractivity contribution >= 4 is 65.7 Å². The Bertz CT molecular complexity index is 3530. The van der Waals surface area contributed by atoms with E-state index >= 15 is 0 Å². The van der Waals surface area contributed by atoms with Crippen molar-refractivity contribution in [3.05, 3.63) is 182 Å². The molecule has 0 bridgehead atoms. The van der Waals surface area contributed by atoms with Crippen molar-refractivity contribution in [2.75, 3.05) is 0 Å². The molecule has 6 nitrogen and oxygen atoms in total. The highest BCUT2D eigenvalue weighted by atomic mass is 16.3. The Hall–Kier alpha value is -7.83. The molecule has 0 radical (unpaired) electrons. The molecular weight excluding hydrogens is 701 g/mol. The zero-order chi connectivity index (χ0) is 37.5. The number of aromatic nitrogens is 4. The van der Waals surface area contributed by atoms with Crippen LogP contribution in [0.3, 0.4) is 0 Å². The molecule has 0 fully saturated rings. The number of para-hydroxylation sites is 3. The van der Waals surface area contributed by atoms with Gasteiger partial charge in [-0.15, -0.1) is 0 Å². The van der Waals surface area contributed by atoms with Gasteiger partial charge in [0.2, 0.25) is 0 Å². The molecule has 12 rings (SSSR count). The molecule has 8 aromatic carbocycles. The smallest absolute Gasteiger partial charge is 0.164 e. The SMILES string of the molecule is c1ccc(-c2cccc(-c3nc(-c4ccccc4)nc(-c4cccc5oc6c(-n7c8ccccc8c8c9oc%10ccccc%10c9ccc87)cccc6c45)n3)c2)cc1. The summed E-state index contributed by atoms with van der Waals surface area (Å²) in [4.78, 5) is 15.4. The normalized spacial score (nSPS) is 11.9. The fraction of sp³-hybridized carbons (Fsp3) is 0. The van der Waals surface area contributed by atoms with Crippen molar-refractivity contribution in [3.8, 4) is 51.0 Å². The number of hydrogen-bond acceptors (Lipinski definition) is 5. The molecule has 12 aromatic rings. The van der Waals surface area contributed by atoms with Crippen molar-refractivity contribution in [2.24, 2.45) is 0 Å². The molecule has 0 saturated carbocycles. The molecule has 0 amide bonds. The van der Waals surface area contributed by atoms with Gasteiger partial charge < -0.3 is 13.4 Å². The van der Waals surface area contributed by atoms with E-state index in [9.17, 15) is 0 Å². The van der Waals surface area contributed by atoms with E-state index in [1.807, 2.05) is 60.7 Å². The third kappa shape index (κ3) is 4.87. The summed E-state index contributed by atoms with van der Waals surface area (Å²) < 4.78 is 15.8. The van der Waals surface area contributed by atoms with Crippen LogP contribution in [0.1, 0.15) is 0 Å². The van der Waals surface area contributed by atoms with Gasteiger partial charge in [-0.1, -0.05) is 140 Å². The van der Waals surface area contributed by atoms with Gasteiger partial charge in [0.05, 0.1) is 22.1 Å². The Labute approximate surface area is 325 Å². The number of hydrogen-bond donors (Lipinski definition) is 0. The number of benzene rings is 8. The first-order valence-electron chi connectivity index (χ1n) is 19.0.